The highest BCUT2D eigenvalue weighted by atomic mass is 79.9. The number of nitrogens with two attached hydrogens (primary N) is 1. The summed E-state index contributed by atoms with van der Waals surface area (Å²) in [5, 5.41) is 0.748. The minimum atomic E-state index is 0.0484. The highest BCUT2D eigenvalue weighted by Gasteiger charge is 2.08. The van der Waals surface area contributed by atoms with Crippen LogP contribution in [0.5, 0.6) is 0 Å². The van der Waals surface area contributed by atoms with E-state index in [1.807, 2.05) is 30.3 Å². The number of halogens is 2. The standard InChI is InChI=1S/C17H20BrClN2/c1-21(12-13-3-2-4-15(18)11-13)10-9-17(20)14-5-7-16(19)8-6-14/h2-8,11,17H,9-10,12,20H2,1H3. The van der Waals surface area contributed by atoms with Crippen LogP contribution in [0.4, 0.5) is 0 Å². The molecule has 0 heterocycles. The summed E-state index contributed by atoms with van der Waals surface area (Å²) >= 11 is 9.40. The molecule has 0 saturated carbocycles. The largest absolute Gasteiger partial charge is 0.324 e. The van der Waals surface area contributed by atoms with Crippen LogP contribution in [0, 0.1) is 0 Å². The second-order valence-electron chi connectivity index (χ2n) is 5.31. The predicted molar refractivity (Wildman–Crippen MR) is 93.5 cm³/mol. The van der Waals surface area contributed by atoms with E-state index in [1.54, 1.807) is 0 Å². The van der Waals surface area contributed by atoms with Gasteiger partial charge in [-0.05, 0) is 55.4 Å². The fourth-order valence-corrected chi connectivity index (χ4v) is 2.83. The van der Waals surface area contributed by atoms with Crippen molar-refractivity contribution in [3.63, 3.8) is 0 Å². The van der Waals surface area contributed by atoms with Gasteiger partial charge in [-0.3, -0.25) is 0 Å². The minimum Gasteiger partial charge on any atom is -0.324 e. The normalized spacial score (nSPS) is 12.6. The summed E-state index contributed by atoms with van der Waals surface area (Å²) in [6.45, 7) is 1.88. The van der Waals surface area contributed by atoms with Crippen LogP contribution < -0.4 is 5.73 Å². The summed E-state index contributed by atoms with van der Waals surface area (Å²) in [4.78, 5) is 2.29. The van der Waals surface area contributed by atoms with Crippen molar-refractivity contribution in [2.75, 3.05) is 13.6 Å². The lowest BCUT2D eigenvalue weighted by Gasteiger charge is -2.20. The van der Waals surface area contributed by atoms with Crippen molar-refractivity contribution < 1.29 is 0 Å². The molecule has 0 aromatic heterocycles. The van der Waals surface area contributed by atoms with E-state index in [1.165, 1.54) is 5.56 Å². The zero-order chi connectivity index (χ0) is 15.2. The smallest absolute Gasteiger partial charge is 0.0406 e. The second kappa shape index (κ2) is 7.95. The van der Waals surface area contributed by atoms with Crippen LogP contribution >= 0.6 is 27.5 Å². The molecule has 2 aromatic carbocycles. The Bertz CT molecular complexity index is 571. The first-order chi connectivity index (χ1) is 10.0. The molecule has 0 aliphatic carbocycles. The van der Waals surface area contributed by atoms with Gasteiger partial charge >= 0.3 is 0 Å². The maximum absolute atomic E-state index is 6.23. The first kappa shape index (κ1) is 16.5. The molecule has 0 radical (unpaired) electrons. The predicted octanol–water partition coefficient (Wildman–Crippen LogP) is 4.62. The van der Waals surface area contributed by atoms with E-state index in [9.17, 15) is 0 Å². The molecule has 0 bridgehead atoms. The van der Waals surface area contributed by atoms with Gasteiger partial charge in [-0.15, -0.1) is 0 Å². The van der Waals surface area contributed by atoms with Crippen LogP contribution in [-0.2, 0) is 6.54 Å². The third kappa shape index (κ3) is 5.44. The van der Waals surface area contributed by atoms with Gasteiger partial charge in [-0.25, -0.2) is 0 Å². The van der Waals surface area contributed by atoms with Gasteiger partial charge in [0, 0.05) is 22.1 Å². The minimum absolute atomic E-state index is 0.0484. The van der Waals surface area contributed by atoms with Gasteiger partial charge in [-0.1, -0.05) is 51.8 Å². The molecule has 2 N–H and O–H groups in total. The molecule has 4 heteroatoms. The number of hydrogen-bond acceptors (Lipinski definition) is 2. The third-order valence-corrected chi connectivity index (χ3v) is 4.21. The van der Waals surface area contributed by atoms with Gasteiger partial charge in [0.25, 0.3) is 0 Å². The highest BCUT2D eigenvalue weighted by molar-refractivity contribution is 9.10. The maximum Gasteiger partial charge on any atom is 0.0406 e. The van der Waals surface area contributed by atoms with Gasteiger partial charge in [0.2, 0.25) is 0 Å². The summed E-state index contributed by atoms with van der Waals surface area (Å²) in [7, 11) is 2.12. The van der Waals surface area contributed by atoms with E-state index in [2.05, 4.69) is 46.1 Å². The van der Waals surface area contributed by atoms with E-state index in [0.29, 0.717) is 0 Å². The van der Waals surface area contributed by atoms with Crippen molar-refractivity contribution in [2.24, 2.45) is 5.73 Å². The van der Waals surface area contributed by atoms with Gasteiger partial charge < -0.3 is 10.6 Å². The van der Waals surface area contributed by atoms with Crippen LogP contribution in [0.2, 0.25) is 5.02 Å². The molecule has 1 atom stereocenters. The molecular weight excluding hydrogens is 348 g/mol. The number of nitrogens with zero attached hydrogens (tertiary/aromatic N) is 1. The molecule has 21 heavy (non-hydrogen) atoms. The van der Waals surface area contributed by atoms with Crippen molar-refractivity contribution in [3.8, 4) is 0 Å². The van der Waals surface area contributed by atoms with Gasteiger partial charge in [-0.2, -0.15) is 0 Å². The van der Waals surface area contributed by atoms with Crippen molar-refractivity contribution in [3.05, 3.63) is 69.2 Å². The van der Waals surface area contributed by atoms with E-state index in [4.69, 9.17) is 17.3 Å². The summed E-state index contributed by atoms with van der Waals surface area (Å²) in [5.74, 6) is 0. The first-order valence-electron chi connectivity index (χ1n) is 6.98. The Morgan fingerprint density at radius 2 is 1.90 bits per heavy atom. The Morgan fingerprint density at radius 1 is 1.19 bits per heavy atom. The van der Waals surface area contributed by atoms with Crippen LogP contribution in [0.1, 0.15) is 23.6 Å². The Labute approximate surface area is 140 Å². The molecule has 1 unspecified atom stereocenters. The lowest BCUT2D eigenvalue weighted by atomic mass is 10.0. The highest BCUT2D eigenvalue weighted by Crippen LogP contribution is 2.18. The molecule has 0 aliphatic heterocycles. The fourth-order valence-electron chi connectivity index (χ4n) is 2.26. The third-order valence-electron chi connectivity index (χ3n) is 3.46. The summed E-state index contributed by atoms with van der Waals surface area (Å²) in [6, 6.07) is 16.2. The Hall–Kier alpha value is -0.870. The first-order valence-corrected chi connectivity index (χ1v) is 8.16. The molecule has 0 fully saturated rings. The van der Waals surface area contributed by atoms with Crippen molar-refractivity contribution in [2.45, 2.75) is 19.0 Å². The fraction of sp³-hybridized carbons (Fsp3) is 0.294. The lowest BCUT2D eigenvalue weighted by Crippen LogP contribution is -2.23. The number of hydrogen-bond donors (Lipinski definition) is 1. The molecule has 112 valence electrons. The zero-order valence-electron chi connectivity index (χ0n) is 12.1. The second-order valence-corrected chi connectivity index (χ2v) is 6.67. The number of rotatable bonds is 6. The van der Waals surface area contributed by atoms with E-state index >= 15 is 0 Å². The summed E-state index contributed by atoms with van der Waals surface area (Å²) < 4.78 is 1.12. The van der Waals surface area contributed by atoms with Crippen molar-refractivity contribution in [1.29, 1.82) is 0 Å². The van der Waals surface area contributed by atoms with Gasteiger partial charge in [0.15, 0.2) is 0 Å². The molecule has 0 aliphatic rings. The molecule has 0 saturated heterocycles. The zero-order valence-corrected chi connectivity index (χ0v) is 14.4. The van der Waals surface area contributed by atoms with E-state index in [0.717, 1.165) is 34.6 Å². The molecular formula is C17H20BrClN2. The van der Waals surface area contributed by atoms with Crippen LogP contribution in [0.3, 0.4) is 0 Å². The van der Waals surface area contributed by atoms with Crippen molar-refractivity contribution >= 4 is 27.5 Å². The van der Waals surface area contributed by atoms with Crippen LogP contribution in [0.25, 0.3) is 0 Å². The quantitative estimate of drug-likeness (QED) is 0.807. The topological polar surface area (TPSA) is 29.3 Å². The summed E-state index contributed by atoms with van der Waals surface area (Å²) in [5.41, 5.74) is 8.67. The maximum atomic E-state index is 6.23. The summed E-state index contributed by atoms with van der Waals surface area (Å²) in [6.07, 6.45) is 0.923. The van der Waals surface area contributed by atoms with Crippen molar-refractivity contribution in [1.82, 2.24) is 4.90 Å². The van der Waals surface area contributed by atoms with E-state index in [-0.39, 0.29) is 6.04 Å². The lowest BCUT2D eigenvalue weighted by molar-refractivity contribution is 0.311. The monoisotopic (exact) mass is 366 g/mol. The molecule has 2 rings (SSSR count). The van der Waals surface area contributed by atoms with Crippen LogP contribution in [0.15, 0.2) is 53.0 Å². The van der Waals surface area contributed by atoms with Crippen LogP contribution in [-0.4, -0.2) is 18.5 Å². The molecule has 0 amide bonds. The molecule has 0 spiro atoms. The van der Waals surface area contributed by atoms with Gasteiger partial charge in [0.1, 0.15) is 0 Å². The Morgan fingerprint density at radius 3 is 2.57 bits per heavy atom. The molecule has 2 nitrogen and oxygen atoms in total. The van der Waals surface area contributed by atoms with E-state index < -0.39 is 0 Å². The Balaban J connectivity index is 1.83. The average Bonchev–Trinajstić information content (AvgIpc) is 2.45. The Kier molecular flexibility index (Phi) is 6.24. The van der Waals surface area contributed by atoms with Gasteiger partial charge in [0.05, 0.1) is 0 Å². The molecule has 2 aromatic rings. The average molecular weight is 368 g/mol. The number of benzene rings is 2. The SMILES string of the molecule is CN(CCC(N)c1ccc(Cl)cc1)Cc1cccc(Br)c1.